The molecule has 0 saturated carbocycles. The summed E-state index contributed by atoms with van der Waals surface area (Å²) >= 11 is 0. The third-order valence-electron chi connectivity index (χ3n) is 5.46. The van der Waals surface area contributed by atoms with E-state index < -0.39 is 34.5 Å². The van der Waals surface area contributed by atoms with Crippen molar-refractivity contribution in [3.63, 3.8) is 0 Å². The van der Waals surface area contributed by atoms with E-state index in [4.69, 9.17) is 4.74 Å². The van der Waals surface area contributed by atoms with E-state index in [2.05, 4.69) is 16.1 Å². The molecule has 1 amide bonds. The van der Waals surface area contributed by atoms with Crippen LogP contribution in [0.3, 0.4) is 0 Å². The first kappa shape index (κ1) is 25.7. The van der Waals surface area contributed by atoms with Crippen LogP contribution in [0.25, 0.3) is 5.69 Å². The highest BCUT2D eigenvalue weighted by Crippen LogP contribution is 2.29. The third-order valence-corrected chi connectivity index (χ3v) is 7.02. The molecule has 182 valence electrons. The number of carbonyl (C=O) groups is 2. The number of carbonyl (C=O) groups excluding carboxylic acids is 2. The van der Waals surface area contributed by atoms with Crippen molar-refractivity contribution in [3.05, 3.63) is 77.0 Å². The zero-order chi connectivity index (χ0) is 25.8. The molecule has 1 heterocycles. The van der Waals surface area contributed by atoms with Crippen LogP contribution < -0.4 is 10.0 Å². The molecule has 2 N–H and O–H groups in total. The Balaban J connectivity index is 1.69. The average Bonchev–Trinajstić information content (AvgIpc) is 3.06. The molecular formula is C25H26N4O5S. The molecule has 0 aliphatic heterocycles. The molecule has 0 radical (unpaired) electrons. The SMILES string of the molecule is Cc1ccc(S(=O)(=O)N[C@@H](C)C(=O)OCC(=O)Nc2c(C#N)c(C)c(C)n2-c2ccccc2)cc1. The highest BCUT2D eigenvalue weighted by molar-refractivity contribution is 7.89. The Kier molecular flexibility index (Phi) is 7.74. The summed E-state index contributed by atoms with van der Waals surface area (Å²) in [4.78, 5) is 25.0. The Morgan fingerprint density at radius 3 is 2.29 bits per heavy atom. The lowest BCUT2D eigenvalue weighted by Crippen LogP contribution is -2.40. The lowest BCUT2D eigenvalue weighted by Gasteiger charge is -2.15. The number of esters is 1. The van der Waals surface area contributed by atoms with Crippen molar-refractivity contribution < 1.29 is 22.7 Å². The van der Waals surface area contributed by atoms with Crippen LogP contribution in [0, 0.1) is 32.1 Å². The number of nitrogens with zero attached hydrogens (tertiary/aromatic N) is 2. The summed E-state index contributed by atoms with van der Waals surface area (Å²) in [6.07, 6.45) is 0. The second-order valence-electron chi connectivity index (χ2n) is 8.03. The number of rotatable bonds is 8. The van der Waals surface area contributed by atoms with E-state index in [1.54, 1.807) is 23.6 Å². The number of sulfonamides is 1. The van der Waals surface area contributed by atoms with Gasteiger partial charge in [-0.15, -0.1) is 0 Å². The molecule has 2 aromatic carbocycles. The second-order valence-corrected chi connectivity index (χ2v) is 9.74. The maximum Gasteiger partial charge on any atom is 0.324 e. The van der Waals surface area contributed by atoms with Gasteiger partial charge in [0.05, 0.1) is 10.5 Å². The first-order chi connectivity index (χ1) is 16.5. The minimum Gasteiger partial charge on any atom is -0.454 e. The molecule has 3 aromatic rings. The van der Waals surface area contributed by atoms with Crippen molar-refractivity contribution in [2.75, 3.05) is 11.9 Å². The summed E-state index contributed by atoms with van der Waals surface area (Å²) in [6, 6.07) is 16.2. The first-order valence-corrected chi connectivity index (χ1v) is 12.3. The maximum atomic E-state index is 12.6. The fourth-order valence-corrected chi connectivity index (χ4v) is 4.65. The minimum atomic E-state index is -3.95. The molecule has 0 saturated heterocycles. The smallest absolute Gasteiger partial charge is 0.324 e. The molecule has 0 aliphatic carbocycles. The number of nitriles is 1. The maximum absolute atomic E-state index is 12.6. The molecule has 35 heavy (non-hydrogen) atoms. The summed E-state index contributed by atoms with van der Waals surface area (Å²) in [7, 11) is -3.95. The van der Waals surface area contributed by atoms with Crippen LogP contribution in [0.15, 0.2) is 59.5 Å². The third kappa shape index (κ3) is 5.77. The molecule has 9 nitrogen and oxygen atoms in total. The van der Waals surface area contributed by atoms with Crippen molar-refractivity contribution in [2.45, 2.75) is 38.6 Å². The van der Waals surface area contributed by atoms with Crippen LogP contribution in [-0.4, -0.2) is 37.5 Å². The van der Waals surface area contributed by atoms with E-state index in [1.807, 2.05) is 44.2 Å². The fraction of sp³-hybridized carbons (Fsp3) is 0.240. The Morgan fingerprint density at radius 2 is 1.69 bits per heavy atom. The van der Waals surface area contributed by atoms with Crippen molar-refractivity contribution in [1.29, 1.82) is 5.26 Å². The van der Waals surface area contributed by atoms with E-state index >= 15 is 0 Å². The van der Waals surface area contributed by atoms with Gasteiger partial charge in [-0.1, -0.05) is 35.9 Å². The first-order valence-electron chi connectivity index (χ1n) is 10.8. The monoisotopic (exact) mass is 494 g/mol. The molecule has 10 heteroatoms. The minimum absolute atomic E-state index is 0.0111. The van der Waals surface area contributed by atoms with Crippen LogP contribution in [0.4, 0.5) is 5.82 Å². The fourth-order valence-electron chi connectivity index (χ4n) is 3.46. The highest BCUT2D eigenvalue weighted by atomic mass is 32.2. The highest BCUT2D eigenvalue weighted by Gasteiger charge is 2.25. The summed E-state index contributed by atoms with van der Waals surface area (Å²) in [6.45, 7) is 6.12. The van der Waals surface area contributed by atoms with Crippen molar-refractivity contribution >= 4 is 27.7 Å². The van der Waals surface area contributed by atoms with Gasteiger partial charge in [0.25, 0.3) is 5.91 Å². The number of ether oxygens (including phenoxy) is 1. The number of aromatic nitrogens is 1. The average molecular weight is 495 g/mol. The Labute approximate surface area is 204 Å². The zero-order valence-electron chi connectivity index (χ0n) is 19.8. The lowest BCUT2D eigenvalue weighted by molar-refractivity contribution is -0.148. The second kappa shape index (κ2) is 10.5. The number of para-hydroxylation sites is 1. The van der Waals surface area contributed by atoms with Gasteiger partial charge in [-0.25, -0.2) is 8.42 Å². The Morgan fingerprint density at radius 1 is 1.06 bits per heavy atom. The van der Waals surface area contributed by atoms with Gasteiger partial charge in [0.1, 0.15) is 17.9 Å². The zero-order valence-corrected chi connectivity index (χ0v) is 20.6. The number of nitrogens with one attached hydrogen (secondary N) is 2. The molecule has 3 rings (SSSR count). The summed E-state index contributed by atoms with van der Waals surface area (Å²) in [5.74, 6) is -1.32. The molecule has 0 aliphatic rings. The molecule has 0 unspecified atom stereocenters. The van der Waals surface area contributed by atoms with Crippen LogP contribution in [0.1, 0.15) is 29.3 Å². The summed E-state index contributed by atoms with van der Waals surface area (Å²) in [5.41, 5.74) is 3.43. The Bertz CT molecular complexity index is 1390. The van der Waals surface area contributed by atoms with Crippen LogP contribution in [0.5, 0.6) is 0 Å². The summed E-state index contributed by atoms with van der Waals surface area (Å²) < 4.78 is 34.0. The molecule has 0 spiro atoms. The van der Waals surface area contributed by atoms with Gasteiger partial charge in [0, 0.05) is 11.4 Å². The molecule has 1 aromatic heterocycles. The van der Waals surface area contributed by atoms with Crippen molar-refractivity contribution in [1.82, 2.24) is 9.29 Å². The van der Waals surface area contributed by atoms with E-state index in [0.29, 0.717) is 11.1 Å². The number of aryl methyl sites for hydroxylation is 1. The summed E-state index contributed by atoms with van der Waals surface area (Å²) in [5, 5.41) is 12.3. The Hall–Kier alpha value is -3.94. The predicted octanol–water partition coefficient (Wildman–Crippen LogP) is 3.12. The van der Waals surface area contributed by atoms with E-state index in [9.17, 15) is 23.3 Å². The molecule has 0 bridgehead atoms. The van der Waals surface area contributed by atoms with Gasteiger partial charge < -0.3 is 10.1 Å². The van der Waals surface area contributed by atoms with E-state index in [0.717, 1.165) is 16.9 Å². The topological polar surface area (TPSA) is 130 Å². The van der Waals surface area contributed by atoms with Gasteiger partial charge in [-0.05, 0) is 57.5 Å². The quantitative estimate of drug-likeness (QED) is 0.463. The van der Waals surface area contributed by atoms with Crippen LogP contribution in [-0.2, 0) is 24.3 Å². The number of anilines is 1. The standard InChI is InChI=1S/C25H26N4O5S/c1-16-10-12-21(13-11-16)35(32,33)28-18(3)25(31)34-15-23(30)27-24-22(14-26)17(2)19(4)29(24)20-8-6-5-7-9-20/h5-13,18,28H,15H2,1-4H3,(H,27,30)/t18-/m0/s1. The van der Waals surface area contributed by atoms with E-state index in [1.165, 1.54) is 19.1 Å². The van der Waals surface area contributed by atoms with Gasteiger partial charge in [0.15, 0.2) is 6.61 Å². The number of amides is 1. The van der Waals surface area contributed by atoms with Gasteiger partial charge >= 0.3 is 5.97 Å². The largest absolute Gasteiger partial charge is 0.454 e. The number of hydrogen-bond acceptors (Lipinski definition) is 6. The predicted molar refractivity (Wildman–Crippen MR) is 131 cm³/mol. The van der Waals surface area contributed by atoms with Gasteiger partial charge in [-0.2, -0.15) is 9.98 Å². The number of benzene rings is 2. The van der Waals surface area contributed by atoms with Crippen LogP contribution >= 0.6 is 0 Å². The molecule has 0 fully saturated rings. The lowest BCUT2D eigenvalue weighted by atomic mass is 10.2. The van der Waals surface area contributed by atoms with E-state index in [-0.39, 0.29) is 10.7 Å². The van der Waals surface area contributed by atoms with Gasteiger partial charge in [-0.3, -0.25) is 14.2 Å². The van der Waals surface area contributed by atoms with Crippen molar-refractivity contribution in [3.8, 4) is 11.8 Å². The normalized spacial score (nSPS) is 12.0. The van der Waals surface area contributed by atoms with Crippen LogP contribution in [0.2, 0.25) is 0 Å². The van der Waals surface area contributed by atoms with Gasteiger partial charge in [0.2, 0.25) is 10.0 Å². The number of hydrogen-bond donors (Lipinski definition) is 2. The molecular weight excluding hydrogens is 468 g/mol. The molecule has 1 atom stereocenters. The van der Waals surface area contributed by atoms with Crippen molar-refractivity contribution in [2.24, 2.45) is 0 Å².